The number of aromatic nitrogens is 2. The van der Waals surface area contributed by atoms with Crippen molar-refractivity contribution in [2.24, 2.45) is 0 Å². The number of aryl methyl sites for hydroxylation is 2. The molecule has 2 aromatic rings. The number of hydrogen-bond acceptors (Lipinski definition) is 4. The fourth-order valence-electron chi connectivity index (χ4n) is 2.66. The van der Waals surface area contributed by atoms with E-state index in [1.807, 2.05) is 37.6 Å². The van der Waals surface area contributed by atoms with Crippen molar-refractivity contribution >= 4 is 11.7 Å². The minimum Gasteiger partial charge on any atom is -0.464 e. The van der Waals surface area contributed by atoms with Crippen molar-refractivity contribution in [3.05, 3.63) is 35.0 Å². The zero-order chi connectivity index (χ0) is 17.9. The maximum Gasteiger partial charge on any atom is 0.320 e. The van der Waals surface area contributed by atoms with Crippen LogP contribution in [0.15, 0.2) is 16.5 Å². The van der Waals surface area contributed by atoms with E-state index < -0.39 is 0 Å². The van der Waals surface area contributed by atoms with Crippen LogP contribution in [0.5, 0.6) is 0 Å². The molecule has 2 N–H and O–H groups in total. The third kappa shape index (κ3) is 3.97. The van der Waals surface area contributed by atoms with Crippen LogP contribution >= 0.6 is 0 Å². The second-order valence-electron chi connectivity index (χ2n) is 6.14. The van der Waals surface area contributed by atoms with Gasteiger partial charge < -0.3 is 19.8 Å². The van der Waals surface area contributed by atoms with E-state index in [1.165, 1.54) is 0 Å². The number of amides is 2. The largest absolute Gasteiger partial charge is 0.464 e. The van der Waals surface area contributed by atoms with Crippen LogP contribution in [0.3, 0.4) is 0 Å². The molecule has 7 heteroatoms. The van der Waals surface area contributed by atoms with Crippen LogP contribution in [0.4, 0.5) is 10.5 Å². The summed E-state index contributed by atoms with van der Waals surface area (Å²) in [6.07, 6.45) is 0. The zero-order valence-electron chi connectivity index (χ0n) is 15.1. The fraction of sp³-hybridized carbons (Fsp3) is 0.529. The van der Waals surface area contributed by atoms with Crippen molar-refractivity contribution in [1.82, 2.24) is 15.1 Å². The van der Waals surface area contributed by atoms with Crippen LogP contribution in [0.2, 0.25) is 0 Å². The molecule has 0 radical (unpaired) electrons. The van der Waals surface area contributed by atoms with Crippen LogP contribution < -0.4 is 10.6 Å². The minimum atomic E-state index is -0.357. The second kappa shape index (κ2) is 7.53. The lowest BCUT2D eigenvalue weighted by Gasteiger charge is -2.16. The topological polar surface area (TPSA) is 81.3 Å². The number of anilines is 1. The predicted octanol–water partition coefficient (Wildman–Crippen LogP) is 3.49. The van der Waals surface area contributed by atoms with Gasteiger partial charge in [-0.3, -0.25) is 4.68 Å². The third-order valence-electron chi connectivity index (χ3n) is 3.80. The lowest BCUT2D eigenvalue weighted by molar-refractivity contribution is 0.158. The minimum absolute atomic E-state index is 0.231. The van der Waals surface area contributed by atoms with Gasteiger partial charge in [0, 0.05) is 13.2 Å². The van der Waals surface area contributed by atoms with Gasteiger partial charge in [-0.1, -0.05) is 0 Å². The first-order valence-electron chi connectivity index (χ1n) is 8.02. The van der Waals surface area contributed by atoms with Crippen molar-refractivity contribution in [2.45, 2.75) is 46.7 Å². The Morgan fingerprint density at radius 3 is 2.54 bits per heavy atom. The molecule has 0 aliphatic carbocycles. The molecule has 1 atom stereocenters. The summed E-state index contributed by atoms with van der Waals surface area (Å²) in [5.74, 6) is 1.45. The Morgan fingerprint density at radius 1 is 1.33 bits per heavy atom. The van der Waals surface area contributed by atoms with E-state index in [4.69, 9.17) is 9.15 Å². The SMILES string of the molecule is COC[C@H](NC(=O)Nc1c(C)nn(C(C)C)c1C)c1ccc(C)o1. The number of methoxy groups -OCH3 is 1. The molecule has 0 aromatic carbocycles. The van der Waals surface area contributed by atoms with Crippen LogP contribution in [-0.4, -0.2) is 29.5 Å². The quantitative estimate of drug-likeness (QED) is 0.847. The van der Waals surface area contributed by atoms with E-state index in [2.05, 4.69) is 29.6 Å². The highest BCUT2D eigenvalue weighted by Crippen LogP contribution is 2.23. The number of ether oxygens (including phenoxy) is 1. The average Bonchev–Trinajstić information content (AvgIpc) is 3.05. The maximum atomic E-state index is 12.4. The number of nitrogens with one attached hydrogen (secondary N) is 2. The highest BCUT2D eigenvalue weighted by Gasteiger charge is 2.20. The van der Waals surface area contributed by atoms with E-state index >= 15 is 0 Å². The normalized spacial score (nSPS) is 12.5. The van der Waals surface area contributed by atoms with Gasteiger partial charge in [0.1, 0.15) is 17.6 Å². The molecule has 0 spiro atoms. The molecule has 0 aliphatic rings. The number of hydrogen-bond donors (Lipinski definition) is 2. The Kier molecular flexibility index (Phi) is 5.66. The van der Waals surface area contributed by atoms with Crippen molar-refractivity contribution in [3.63, 3.8) is 0 Å². The lowest BCUT2D eigenvalue weighted by Crippen LogP contribution is -2.34. The van der Waals surface area contributed by atoms with Crippen molar-refractivity contribution < 1.29 is 13.9 Å². The summed E-state index contributed by atoms with van der Waals surface area (Å²) in [5, 5.41) is 10.2. The summed E-state index contributed by atoms with van der Waals surface area (Å²) in [6, 6.07) is 3.25. The van der Waals surface area contributed by atoms with Crippen LogP contribution in [0.25, 0.3) is 0 Å². The highest BCUT2D eigenvalue weighted by molar-refractivity contribution is 5.90. The molecule has 0 saturated carbocycles. The summed E-state index contributed by atoms with van der Waals surface area (Å²) in [6.45, 7) is 10.1. The van der Waals surface area contributed by atoms with E-state index in [0.717, 1.165) is 22.8 Å². The number of carbonyl (C=O) groups is 1. The monoisotopic (exact) mass is 334 g/mol. The zero-order valence-corrected chi connectivity index (χ0v) is 15.1. The van der Waals surface area contributed by atoms with Crippen LogP contribution in [0.1, 0.15) is 48.8 Å². The summed E-state index contributed by atoms with van der Waals surface area (Å²) in [7, 11) is 1.59. The van der Waals surface area contributed by atoms with E-state index in [9.17, 15) is 4.79 Å². The second-order valence-corrected chi connectivity index (χ2v) is 6.14. The third-order valence-corrected chi connectivity index (χ3v) is 3.80. The average molecular weight is 334 g/mol. The molecular weight excluding hydrogens is 308 g/mol. The molecule has 0 aliphatic heterocycles. The van der Waals surface area contributed by atoms with Gasteiger partial charge in [0.15, 0.2) is 0 Å². The summed E-state index contributed by atoms with van der Waals surface area (Å²) < 4.78 is 12.7. The molecular formula is C17H26N4O3. The first kappa shape index (κ1) is 18.1. The standard InChI is InChI=1S/C17H26N4O3/c1-10(2)21-13(5)16(12(4)20-21)19-17(22)18-14(9-23-6)15-8-7-11(3)24-15/h7-8,10,14H,9H2,1-6H3,(H2,18,19,22)/t14-/m0/s1. The molecule has 2 heterocycles. The molecule has 2 amide bonds. The van der Waals surface area contributed by atoms with E-state index in [1.54, 1.807) is 7.11 Å². The van der Waals surface area contributed by atoms with Crippen LogP contribution in [0, 0.1) is 20.8 Å². The molecule has 0 unspecified atom stereocenters. The predicted molar refractivity (Wildman–Crippen MR) is 92.3 cm³/mol. The number of furan rings is 1. The molecule has 24 heavy (non-hydrogen) atoms. The fourth-order valence-corrected chi connectivity index (χ4v) is 2.66. The summed E-state index contributed by atoms with van der Waals surface area (Å²) >= 11 is 0. The Balaban J connectivity index is 2.11. The van der Waals surface area contributed by atoms with E-state index in [0.29, 0.717) is 12.4 Å². The van der Waals surface area contributed by atoms with Gasteiger partial charge in [-0.2, -0.15) is 5.10 Å². The van der Waals surface area contributed by atoms with Gasteiger partial charge in [-0.25, -0.2) is 4.79 Å². The van der Waals surface area contributed by atoms with Gasteiger partial charge >= 0.3 is 6.03 Å². The Hall–Kier alpha value is -2.28. The highest BCUT2D eigenvalue weighted by atomic mass is 16.5. The van der Waals surface area contributed by atoms with Gasteiger partial charge in [0.25, 0.3) is 0 Å². The smallest absolute Gasteiger partial charge is 0.320 e. The summed E-state index contributed by atoms with van der Waals surface area (Å²) in [4.78, 5) is 12.4. The van der Waals surface area contributed by atoms with Gasteiger partial charge in [-0.15, -0.1) is 0 Å². The Labute approximate surface area is 142 Å². The van der Waals surface area contributed by atoms with Gasteiger partial charge in [0.05, 0.1) is 23.7 Å². The number of urea groups is 1. The first-order valence-corrected chi connectivity index (χ1v) is 8.02. The molecule has 7 nitrogen and oxygen atoms in total. The summed E-state index contributed by atoms with van der Waals surface area (Å²) in [5.41, 5.74) is 2.44. The first-order chi connectivity index (χ1) is 11.3. The molecule has 2 aromatic heterocycles. The molecule has 0 saturated heterocycles. The number of carbonyl (C=O) groups excluding carboxylic acids is 1. The van der Waals surface area contributed by atoms with Crippen molar-refractivity contribution in [3.8, 4) is 0 Å². The van der Waals surface area contributed by atoms with E-state index in [-0.39, 0.29) is 18.1 Å². The molecule has 0 bridgehead atoms. The number of nitrogens with zero attached hydrogens (tertiary/aromatic N) is 2. The molecule has 2 rings (SSSR count). The number of rotatable bonds is 6. The molecule has 132 valence electrons. The van der Waals surface area contributed by atoms with Crippen molar-refractivity contribution in [2.75, 3.05) is 19.0 Å². The van der Waals surface area contributed by atoms with Crippen molar-refractivity contribution in [1.29, 1.82) is 0 Å². The molecule has 0 fully saturated rings. The van der Waals surface area contributed by atoms with Gasteiger partial charge in [0.2, 0.25) is 0 Å². The Bertz CT molecular complexity index is 703. The van der Waals surface area contributed by atoms with Crippen LogP contribution in [-0.2, 0) is 4.74 Å². The maximum absolute atomic E-state index is 12.4. The van der Waals surface area contributed by atoms with Gasteiger partial charge in [-0.05, 0) is 46.8 Å². The lowest BCUT2D eigenvalue weighted by atomic mass is 10.2. The Morgan fingerprint density at radius 2 is 2.04 bits per heavy atom.